The molecule has 2 aliphatic heterocycles. The molecule has 4 rings (SSSR count). The molecular formula is C20H20N4OS2. The number of thioether (sulfide) groups is 1. The number of nitrogens with zero attached hydrogens (tertiary/aromatic N) is 2. The second kappa shape index (κ2) is 7.70. The number of carbonyl (C=O) groups excluding carboxylic acids is 1. The summed E-state index contributed by atoms with van der Waals surface area (Å²) in [5, 5.41) is 8.06. The molecule has 0 aromatic heterocycles. The molecule has 0 spiro atoms. The molecule has 0 aliphatic carbocycles. The summed E-state index contributed by atoms with van der Waals surface area (Å²) in [5.74, 6) is 1.19. The second-order valence-electron chi connectivity index (χ2n) is 6.56. The van der Waals surface area contributed by atoms with Gasteiger partial charge in [0.25, 0.3) is 0 Å². The average molecular weight is 397 g/mol. The van der Waals surface area contributed by atoms with E-state index in [9.17, 15) is 4.79 Å². The number of nitrogens with one attached hydrogen (secondary N) is 2. The minimum absolute atomic E-state index is 0.0495. The van der Waals surface area contributed by atoms with Crippen LogP contribution in [0.3, 0.4) is 0 Å². The van der Waals surface area contributed by atoms with Crippen LogP contribution in [0.15, 0.2) is 53.5 Å². The molecule has 1 unspecified atom stereocenters. The maximum atomic E-state index is 11.4. The maximum Gasteiger partial charge on any atom is 0.175 e. The molecule has 2 aromatic rings. The van der Waals surface area contributed by atoms with Crippen LogP contribution in [0.1, 0.15) is 28.9 Å². The summed E-state index contributed by atoms with van der Waals surface area (Å²) in [5.41, 5.74) is 3.65. The highest BCUT2D eigenvalue weighted by atomic mass is 32.2. The molecule has 0 amide bonds. The summed E-state index contributed by atoms with van der Waals surface area (Å²) in [7, 11) is 0. The van der Waals surface area contributed by atoms with Crippen LogP contribution < -0.4 is 10.6 Å². The Hall–Kier alpha value is -2.38. The lowest BCUT2D eigenvalue weighted by Gasteiger charge is -2.15. The molecule has 2 N–H and O–H groups in total. The van der Waals surface area contributed by atoms with Crippen molar-refractivity contribution in [2.45, 2.75) is 13.0 Å². The smallest absolute Gasteiger partial charge is 0.175 e. The molecule has 0 bridgehead atoms. The van der Waals surface area contributed by atoms with Crippen LogP contribution in [0.4, 0.5) is 11.4 Å². The highest BCUT2D eigenvalue weighted by Crippen LogP contribution is 2.33. The molecule has 7 heteroatoms. The number of thiocarbonyl (C=S) groups is 1. The average Bonchev–Trinajstić information content (AvgIpc) is 3.24. The van der Waals surface area contributed by atoms with E-state index in [2.05, 4.69) is 27.7 Å². The Morgan fingerprint density at radius 2 is 1.96 bits per heavy atom. The zero-order valence-corrected chi connectivity index (χ0v) is 16.6. The zero-order chi connectivity index (χ0) is 18.8. The van der Waals surface area contributed by atoms with Crippen LogP contribution in [0, 0.1) is 0 Å². The summed E-state index contributed by atoms with van der Waals surface area (Å²) in [6, 6.07) is 15.7. The standard InChI is InChI=1S/C20H20N4OS2/c1-13(25)14-5-7-16(8-6-14)21-19(26)22-17-4-2-3-15(11-17)18-12-24-9-10-27-20(24)23-18/h2-8,11,18H,9-10,12H2,1H3,(H2,21,22,26). The van der Waals surface area contributed by atoms with Crippen molar-refractivity contribution in [3.05, 3.63) is 59.7 Å². The van der Waals surface area contributed by atoms with E-state index in [1.165, 1.54) is 10.7 Å². The van der Waals surface area contributed by atoms with E-state index in [0.29, 0.717) is 10.7 Å². The van der Waals surface area contributed by atoms with Crippen molar-refractivity contribution in [3.8, 4) is 0 Å². The highest BCUT2D eigenvalue weighted by molar-refractivity contribution is 8.14. The monoisotopic (exact) mass is 396 g/mol. The molecule has 5 nitrogen and oxygen atoms in total. The van der Waals surface area contributed by atoms with Crippen molar-refractivity contribution >= 4 is 51.4 Å². The van der Waals surface area contributed by atoms with Crippen LogP contribution in [0.2, 0.25) is 0 Å². The first kappa shape index (κ1) is 18.0. The number of Topliss-reactive ketones (excluding diaryl/α,β-unsaturated/α-hetero) is 1. The molecule has 2 aromatic carbocycles. The van der Waals surface area contributed by atoms with Crippen molar-refractivity contribution in [2.24, 2.45) is 4.99 Å². The van der Waals surface area contributed by atoms with Gasteiger partial charge in [-0.25, -0.2) is 0 Å². The van der Waals surface area contributed by atoms with Crippen LogP contribution >= 0.6 is 24.0 Å². The molecule has 1 fully saturated rings. The molecule has 2 heterocycles. The first-order valence-electron chi connectivity index (χ1n) is 8.83. The van der Waals surface area contributed by atoms with Gasteiger partial charge in [-0.15, -0.1) is 0 Å². The Bertz CT molecular complexity index is 910. The maximum absolute atomic E-state index is 11.4. The lowest BCUT2D eigenvalue weighted by Crippen LogP contribution is -2.22. The Morgan fingerprint density at radius 3 is 2.70 bits per heavy atom. The third-order valence-corrected chi connectivity index (χ3v) is 5.81. The number of fused-ring (bicyclic) bond motifs is 1. The number of ketones is 1. The van der Waals surface area contributed by atoms with Gasteiger partial charge in [0.15, 0.2) is 16.1 Å². The van der Waals surface area contributed by atoms with Gasteiger partial charge in [0.05, 0.1) is 6.04 Å². The fourth-order valence-electron chi connectivity index (χ4n) is 3.19. The minimum Gasteiger partial charge on any atom is -0.348 e. The normalized spacial score (nSPS) is 18.0. The predicted molar refractivity (Wildman–Crippen MR) is 117 cm³/mol. The molecule has 1 saturated heterocycles. The topological polar surface area (TPSA) is 56.7 Å². The number of aliphatic imine (C=N–C) groups is 1. The van der Waals surface area contributed by atoms with E-state index in [1.807, 2.05) is 36.0 Å². The molecule has 1 atom stereocenters. The van der Waals surface area contributed by atoms with E-state index in [-0.39, 0.29) is 11.8 Å². The van der Waals surface area contributed by atoms with Gasteiger partial charge >= 0.3 is 0 Å². The van der Waals surface area contributed by atoms with Crippen molar-refractivity contribution in [3.63, 3.8) is 0 Å². The number of benzene rings is 2. The van der Waals surface area contributed by atoms with E-state index in [0.717, 1.165) is 30.2 Å². The molecule has 138 valence electrons. The summed E-state index contributed by atoms with van der Waals surface area (Å²) < 4.78 is 0. The van der Waals surface area contributed by atoms with Crippen LogP contribution in [-0.4, -0.2) is 39.8 Å². The van der Waals surface area contributed by atoms with Crippen molar-refractivity contribution in [2.75, 3.05) is 29.5 Å². The van der Waals surface area contributed by atoms with Crippen molar-refractivity contribution in [1.29, 1.82) is 0 Å². The third kappa shape index (κ3) is 4.14. The number of hydrogen-bond acceptors (Lipinski definition) is 5. The summed E-state index contributed by atoms with van der Waals surface area (Å²) >= 11 is 7.26. The first-order valence-corrected chi connectivity index (χ1v) is 10.2. The fraction of sp³-hybridized carbons (Fsp3) is 0.250. The van der Waals surface area contributed by atoms with Crippen LogP contribution in [-0.2, 0) is 0 Å². The van der Waals surface area contributed by atoms with Gasteiger partial charge in [0.1, 0.15) is 0 Å². The van der Waals surface area contributed by atoms with Gasteiger partial charge in [-0.2, -0.15) is 0 Å². The Balaban J connectivity index is 1.40. The van der Waals surface area contributed by atoms with Crippen molar-refractivity contribution in [1.82, 2.24) is 4.90 Å². The second-order valence-corrected chi connectivity index (χ2v) is 8.03. The summed E-state index contributed by atoms with van der Waals surface area (Å²) in [6.07, 6.45) is 0. The minimum atomic E-state index is 0.0495. The fourth-order valence-corrected chi connectivity index (χ4v) is 4.47. The lowest BCUT2D eigenvalue weighted by atomic mass is 10.1. The highest BCUT2D eigenvalue weighted by Gasteiger charge is 2.30. The van der Waals surface area contributed by atoms with Gasteiger partial charge in [0.2, 0.25) is 0 Å². The van der Waals surface area contributed by atoms with Crippen LogP contribution in [0.25, 0.3) is 0 Å². The number of anilines is 2. The van der Waals surface area contributed by atoms with Gasteiger partial charge in [0, 0.05) is 35.8 Å². The Kier molecular flexibility index (Phi) is 5.13. The van der Waals surface area contributed by atoms with Gasteiger partial charge in [-0.05, 0) is 61.1 Å². The number of hydrogen-bond donors (Lipinski definition) is 2. The molecule has 2 aliphatic rings. The Morgan fingerprint density at radius 1 is 1.19 bits per heavy atom. The predicted octanol–water partition coefficient (Wildman–Crippen LogP) is 4.16. The summed E-state index contributed by atoms with van der Waals surface area (Å²) in [6.45, 7) is 3.60. The van der Waals surface area contributed by atoms with E-state index < -0.39 is 0 Å². The van der Waals surface area contributed by atoms with Gasteiger partial charge < -0.3 is 15.5 Å². The van der Waals surface area contributed by atoms with Gasteiger partial charge in [-0.3, -0.25) is 9.79 Å². The van der Waals surface area contributed by atoms with Crippen LogP contribution in [0.5, 0.6) is 0 Å². The van der Waals surface area contributed by atoms with E-state index in [4.69, 9.17) is 17.2 Å². The SMILES string of the molecule is CC(=O)c1ccc(NC(=S)Nc2cccc(C3CN4CCSC4=N3)c2)cc1. The number of carbonyl (C=O) groups is 1. The number of rotatable bonds is 4. The summed E-state index contributed by atoms with van der Waals surface area (Å²) in [4.78, 5) is 18.5. The lowest BCUT2D eigenvalue weighted by molar-refractivity contribution is 0.101. The third-order valence-electron chi connectivity index (χ3n) is 4.60. The van der Waals surface area contributed by atoms with E-state index >= 15 is 0 Å². The zero-order valence-electron chi connectivity index (χ0n) is 14.9. The molecule has 0 radical (unpaired) electrons. The molecular weight excluding hydrogens is 376 g/mol. The largest absolute Gasteiger partial charge is 0.348 e. The quantitative estimate of drug-likeness (QED) is 0.598. The van der Waals surface area contributed by atoms with Crippen molar-refractivity contribution < 1.29 is 4.79 Å². The molecule has 0 saturated carbocycles. The van der Waals surface area contributed by atoms with Gasteiger partial charge in [-0.1, -0.05) is 23.9 Å². The Labute approximate surface area is 168 Å². The number of amidine groups is 1. The first-order chi connectivity index (χ1) is 13.1. The van der Waals surface area contributed by atoms with E-state index in [1.54, 1.807) is 19.1 Å². The molecule has 27 heavy (non-hydrogen) atoms.